The van der Waals surface area contributed by atoms with Gasteiger partial charge in [0.2, 0.25) is 0 Å². The van der Waals surface area contributed by atoms with Crippen LogP contribution in [0.5, 0.6) is 5.75 Å². The van der Waals surface area contributed by atoms with E-state index in [0.717, 1.165) is 38.5 Å². The van der Waals surface area contributed by atoms with Crippen molar-refractivity contribution < 1.29 is 9.50 Å². The van der Waals surface area contributed by atoms with Gasteiger partial charge in [-0.25, -0.2) is 19.0 Å². The zero-order valence-corrected chi connectivity index (χ0v) is 19.5. The Kier molecular flexibility index (Phi) is 5.16. The first-order valence-electron chi connectivity index (χ1n) is 12.2. The van der Waals surface area contributed by atoms with Crippen LogP contribution in [0.2, 0.25) is 0 Å². The molecule has 180 valence electrons. The molecule has 2 heterocycles. The van der Waals surface area contributed by atoms with Crippen LogP contribution in [-0.2, 0) is 0 Å². The van der Waals surface area contributed by atoms with Crippen molar-refractivity contribution >= 4 is 5.82 Å². The van der Waals surface area contributed by atoms with E-state index >= 15 is 4.39 Å². The number of phenols is 1. The molecule has 1 N–H and O–H groups in total. The van der Waals surface area contributed by atoms with Crippen LogP contribution in [0, 0.1) is 22.7 Å². The molecule has 9 nitrogen and oxygen atoms in total. The summed E-state index contributed by atoms with van der Waals surface area (Å²) in [6.45, 7) is 2.11. The summed E-state index contributed by atoms with van der Waals surface area (Å²) in [5.41, 5.74) is 0.718. The summed E-state index contributed by atoms with van der Waals surface area (Å²) in [6, 6.07) is 6.88. The van der Waals surface area contributed by atoms with Crippen LogP contribution in [0.3, 0.4) is 0 Å². The van der Waals surface area contributed by atoms with Crippen molar-refractivity contribution in [2.24, 2.45) is 11.3 Å². The molecule has 0 unspecified atom stereocenters. The molecule has 10 heteroatoms. The molecule has 2 bridgehead atoms. The average Bonchev–Trinajstić information content (AvgIpc) is 3.57. The Bertz CT molecular complexity index is 1280. The highest BCUT2D eigenvalue weighted by Gasteiger charge is 2.52. The molecule has 1 aromatic carbocycles. The maximum Gasteiger partial charge on any atom is 0.252 e. The normalized spacial score (nSPS) is 27.9. The van der Waals surface area contributed by atoms with Crippen LogP contribution in [-0.4, -0.2) is 53.3 Å². The van der Waals surface area contributed by atoms with E-state index in [4.69, 9.17) is 5.26 Å². The molecule has 35 heavy (non-hydrogen) atoms. The van der Waals surface area contributed by atoms with Crippen LogP contribution in [0.25, 0.3) is 17.1 Å². The van der Waals surface area contributed by atoms with E-state index in [1.807, 2.05) is 6.07 Å². The largest absolute Gasteiger partial charge is 0.507 e. The molecule has 0 radical (unpaired) electrons. The molecule has 3 aromatic rings. The second-order valence-electron chi connectivity index (χ2n) is 10.4. The molecule has 3 aliphatic rings. The third kappa shape index (κ3) is 3.89. The lowest BCUT2D eigenvalue weighted by Crippen LogP contribution is -2.56. The van der Waals surface area contributed by atoms with E-state index < -0.39 is 6.17 Å². The summed E-state index contributed by atoms with van der Waals surface area (Å²) >= 11 is 0. The number of nitrogens with zero attached hydrogens (tertiary/aromatic N) is 8. The number of nitriles is 1. The van der Waals surface area contributed by atoms with Crippen LogP contribution >= 0.6 is 0 Å². The summed E-state index contributed by atoms with van der Waals surface area (Å²) in [4.78, 5) is 10.5. The first kappa shape index (κ1) is 21.9. The summed E-state index contributed by atoms with van der Waals surface area (Å²) in [7, 11) is 0. The van der Waals surface area contributed by atoms with Gasteiger partial charge in [-0.05, 0) is 50.2 Å². The highest BCUT2D eigenvalue weighted by Crippen LogP contribution is 2.52. The van der Waals surface area contributed by atoms with Gasteiger partial charge in [-0.15, -0.1) is 15.3 Å². The molecule has 3 saturated carbocycles. The third-order valence-electron chi connectivity index (χ3n) is 7.88. The van der Waals surface area contributed by atoms with Crippen LogP contribution < -0.4 is 4.90 Å². The van der Waals surface area contributed by atoms with Gasteiger partial charge < -0.3 is 10.0 Å². The summed E-state index contributed by atoms with van der Waals surface area (Å²) in [5, 5.41) is 32.3. The number of hydrogen-bond acceptors (Lipinski definition) is 8. The zero-order valence-electron chi connectivity index (χ0n) is 19.5. The molecule has 2 aromatic heterocycles. The molecule has 0 saturated heterocycles. The minimum absolute atomic E-state index is 0.0399. The second kappa shape index (κ2) is 8.26. The van der Waals surface area contributed by atoms with Gasteiger partial charge in [0.1, 0.15) is 24.3 Å². The lowest BCUT2D eigenvalue weighted by Gasteiger charge is -2.52. The van der Waals surface area contributed by atoms with Crippen molar-refractivity contribution in [3.8, 4) is 28.9 Å². The maximum atomic E-state index is 15.9. The summed E-state index contributed by atoms with van der Waals surface area (Å²) < 4.78 is 17.3. The van der Waals surface area contributed by atoms with E-state index in [1.165, 1.54) is 23.5 Å². The molecular formula is C25H27FN8O. The highest BCUT2D eigenvalue weighted by molar-refractivity contribution is 5.66. The van der Waals surface area contributed by atoms with Crippen LogP contribution in [0.1, 0.15) is 57.7 Å². The lowest BCUT2D eigenvalue weighted by molar-refractivity contribution is -0.0125. The van der Waals surface area contributed by atoms with Gasteiger partial charge in [0, 0.05) is 17.5 Å². The number of phenolic OH excluding ortho intramolecular Hbond substituents is 1. The van der Waals surface area contributed by atoms with Gasteiger partial charge in [-0.1, -0.05) is 19.8 Å². The molecule has 6 rings (SSSR count). The Morgan fingerprint density at radius 1 is 1.23 bits per heavy atom. The number of fused-ring (bicyclic) bond motifs is 2. The fourth-order valence-electron chi connectivity index (χ4n) is 6.07. The fraction of sp³-hybridized carbons (Fsp3) is 0.520. The number of rotatable bonds is 5. The van der Waals surface area contributed by atoms with Gasteiger partial charge in [-0.3, -0.25) is 0 Å². The summed E-state index contributed by atoms with van der Waals surface area (Å²) in [6.07, 6.45) is 9.32. The quantitative estimate of drug-likeness (QED) is 0.590. The monoisotopic (exact) mass is 474 g/mol. The number of alkyl halides is 1. The van der Waals surface area contributed by atoms with Crippen molar-refractivity contribution in [3.63, 3.8) is 0 Å². The second-order valence-corrected chi connectivity index (χ2v) is 10.4. The molecule has 3 fully saturated rings. The van der Waals surface area contributed by atoms with Crippen molar-refractivity contribution in [2.75, 3.05) is 4.90 Å². The Balaban J connectivity index is 1.26. The van der Waals surface area contributed by atoms with E-state index in [9.17, 15) is 5.11 Å². The number of anilines is 1. The average molecular weight is 475 g/mol. The maximum absolute atomic E-state index is 15.9. The predicted octanol–water partition coefficient (Wildman–Crippen LogP) is 3.97. The number of benzene rings is 1. The van der Waals surface area contributed by atoms with E-state index in [-0.39, 0.29) is 34.9 Å². The van der Waals surface area contributed by atoms with Gasteiger partial charge >= 0.3 is 0 Å². The van der Waals surface area contributed by atoms with Gasteiger partial charge in [0.05, 0.1) is 23.5 Å². The third-order valence-corrected chi connectivity index (χ3v) is 7.88. The summed E-state index contributed by atoms with van der Waals surface area (Å²) in [5.74, 6) is 1.46. The van der Waals surface area contributed by atoms with Crippen LogP contribution in [0.15, 0.2) is 30.7 Å². The molecule has 0 amide bonds. The standard InChI is InChI=1S/C25H27FN8O/c1-25-8-2-3-15(11-25)9-19(23(25)26)34(16-4-5-16)22-13-28-24(31-30-22)18-7-6-17(10-20(18)35)33-14-29-21(12-27)32-33/h6-7,10,13-16,19,23,35H,2-5,8-9,11H2,1H3/t15-,19-,23-,25-/m1/s1. The molecule has 4 atom stereocenters. The Morgan fingerprint density at radius 2 is 2.09 bits per heavy atom. The van der Waals surface area contributed by atoms with Crippen LogP contribution in [0.4, 0.5) is 10.2 Å². The minimum Gasteiger partial charge on any atom is -0.507 e. The molecule has 0 aliphatic heterocycles. The van der Waals surface area contributed by atoms with Gasteiger partial charge in [0.15, 0.2) is 11.6 Å². The van der Waals surface area contributed by atoms with Crippen molar-refractivity contribution in [1.29, 1.82) is 5.26 Å². The first-order chi connectivity index (χ1) is 16.9. The highest BCUT2D eigenvalue weighted by atomic mass is 19.1. The number of aromatic hydroxyl groups is 1. The smallest absolute Gasteiger partial charge is 0.252 e. The zero-order chi connectivity index (χ0) is 24.2. The van der Waals surface area contributed by atoms with E-state index in [2.05, 4.69) is 37.1 Å². The number of aromatic nitrogens is 6. The SMILES string of the molecule is C[C@]12CCC[C@H](C[C@@H](N(c3cnc(-c4ccc(-n5cnc(C#N)n5)cc4O)nn3)C3CC3)[C@H]1F)C2. The van der Waals surface area contributed by atoms with E-state index in [0.29, 0.717) is 23.0 Å². The Morgan fingerprint density at radius 3 is 2.77 bits per heavy atom. The molecule has 0 spiro atoms. The first-order valence-corrected chi connectivity index (χ1v) is 12.2. The number of hydrogen-bond donors (Lipinski definition) is 1. The van der Waals surface area contributed by atoms with Crippen molar-refractivity contribution in [1.82, 2.24) is 29.9 Å². The van der Waals surface area contributed by atoms with Gasteiger partial charge in [0.25, 0.3) is 5.82 Å². The predicted molar refractivity (Wildman–Crippen MR) is 125 cm³/mol. The van der Waals surface area contributed by atoms with Crippen molar-refractivity contribution in [2.45, 2.75) is 70.1 Å². The Hall–Kier alpha value is -3.61. The van der Waals surface area contributed by atoms with E-state index in [1.54, 1.807) is 18.3 Å². The van der Waals surface area contributed by atoms with Gasteiger partial charge in [-0.2, -0.15) is 5.26 Å². The number of halogens is 1. The topological polar surface area (TPSA) is 117 Å². The lowest BCUT2D eigenvalue weighted by atomic mass is 9.60. The Labute approximate surface area is 202 Å². The minimum atomic E-state index is -0.893. The molecule has 3 aliphatic carbocycles. The fourth-order valence-corrected chi connectivity index (χ4v) is 6.07. The molecular weight excluding hydrogens is 447 g/mol. The van der Waals surface area contributed by atoms with Crippen molar-refractivity contribution in [3.05, 3.63) is 36.5 Å².